The maximum Gasteiger partial charge on any atom is 0.259 e. The highest BCUT2D eigenvalue weighted by Crippen LogP contribution is 2.36. The zero-order valence-electron chi connectivity index (χ0n) is 9.63. The van der Waals surface area contributed by atoms with Crippen LogP contribution < -0.4 is 10.6 Å². The van der Waals surface area contributed by atoms with Gasteiger partial charge in [-0.1, -0.05) is 0 Å². The van der Waals surface area contributed by atoms with Crippen LogP contribution in [-0.4, -0.2) is 18.2 Å². The number of hydrogen-bond acceptors (Lipinski definition) is 4. The first-order valence-electron chi connectivity index (χ1n) is 5.62. The summed E-state index contributed by atoms with van der Waals surface area (Å²) in [6.45, 7) is 0.732. The van der Waals surface area contributed by atoms with Crippen LogP contribution in [0.4, 0.5) is 11.4 Å². The van der Waals surface area contributed by atoms with E-state index in [4.69, 9.17) is 5.73 Å². The highest BCUT2D eigenvalue weighted by atomic mass is 32.2. The third kappa shape index (κ3) is 2.00. The Bertz CT molecular complexity index is 581. The first kappa shape index (κ1) is 11.6. The minimum Gasteiger partial charge on any atom is -0.399 e. The standard InChI is InChI=1S/C13H12N2OS2/c14-10-1-2-12-11(7-10)15(4-6-18-12)13(16)9-3-5-17-8-9/h1-3,5,7-8H,4,6,14H2. The van der Waals surface area contributed by atoms with Gasteiger partial charge in [-0.05, 0) is 29.6 Å². The zero-order valence-corrected chi connectivity index (χ0v) is 11.3. The summed E-state index contributed by atoms with van der Waals surface area (Å²) in [5.74, 6) is 0.982. The molecule has 1 aliphatic heterocycles. The summed E-state index contributed by atoms with van der Waals surface area (Å²) in [7, 11) is 0. The van der Waals surface area contributed by atoms with Crippen LogP contribution in [0.2, 0.25) is 0 Å². The summed E-state index contributed by atoms with van der Waals surface area (Å²) in [4.78, 5) is 15.4. The summed E-state index contributed by atoms with van der Waals surface area (Å²) in [5, 5.41) is 3.81. The molecular formula is C13H12N2OS2. The fourth-order valence-electron chi connectivity index (χ4n) is 1.99. The summed E-state index contributed by atoms with van der Waals surface area (Å²) in [5.41, 5.74) is 8.19. The lowest BCUT2D eigenvalue weighted by molar-refractivity contribution is 0.0988. The van der Waals surface area contributed by atoms with Gasteiger partial charge < -0.3 is 10.6 Å². The Balaban J connectivity index is 2.01. The van der Waals surface area contributed by atoms with Crippen LogP contribution >= 0.6 is 23.1 Å². The van der Waals surface area contributed by atoms with E-state index in [2.05, 4.69) is 0 Å². The molecule has 1 aromatic carbocycles. The molecule has 0 atom stereocenters. The molecule has 1 amide bonds. The van der Waals surface area contributed by atoms with Gasteiger partial charge in [0.25, 0.3) is 5.91 Å². The molecule has 0 radical (unpaired) electrons. The molecule has 3 rings (SSSR count). The SMILES string of the molecule is Nc1ccc2c(c1)N(C(=O)c1ccsc1)CCS2. The predicted octanol–water partition coefficient (Wildman–Crippen LogP) is 3.08. The smallest absolute Gasteiger partial charge is 0.259 e. The Morgan fingerprint density at radius 1 is 1.33 bits per heavy atom. The van der Waals surface area contributed by atoms with Crippen LogP contribution in [0.3, 0.4) is 0 Å². The van der Waals surface area contributed by atoms with Crippen LogP contribution in [0.1, 0.15) is 10.4 Å². The third-order valence-corrected chi connectivity index (χ3v) is 4.59. The number of carbonyl (C=O) groups excluding carboxylic acids is 1. The molecule has 0 saturated heterocycles. The van der Waals surface area contributed by atoms with Crippen LogP contribution in [0.25, 0.3) is 0 Å². The van der Waals surface area contributed by atoms with Gasteiger partial charge in [-0.25, -0.2) is 0 Å². The molecule has 1 aromatic heterocycles. The van der Waals surface area contributed by atoms with E-state index in [9.17, 15) is 4.79 Å². The molecule has 2 N–H and O–H groups in total. The molecule has 0 fully saturated rings. The van der Waals surface area contributed by atoms with Crippen molar-refractivity contribution >= 4 is 40.4 Å². The van der Waals surface area contributed by atoms with E-state index in [0.717, 1.165) is 28.4 Å². The Labute approximate surface area is 114 Å². The fraction of sp³-hybridized carbons (Fsp3) is 0.154. The normalized spacial score (nSPS) is 14.3. The lowest BCUT2D eigenvalue weighted by atomic mass is 10.2. The number of nitrogen functional groups attached to an aromatic ring is 1. The number of rotatable bonds is 1. The van der Waals surface area contributed by atoms with Gasteiger partial charge in [0, 0.05) is 28.3 Å². The Hall–Kier alpha value is -1.46. The van der Waals surface area contributed by atoms with Gasteiger partial charge in [0.05, 0.1) is 11.3 Å². The maximum absolute atomic E-state index is 12.4. The van der Waals surface area contributed by atoms with Crippen molar-refractivity contribution in [1.29, 1.82) is 0 Å². The number of carbonyl (C=O) groups is 1. The minimum absolute atomic E-state index is 0.0587. The molecule has 0 unspecified atom stereocenters. The van der Waals surface area contributed by atoms with Crippen molar-refractivity contribution < 1.29 is 4.79 Å². The van der Waals surface area contributed by atoms with Crippen molar-refractivity contribution in [3.63, 3.8) is 0 Å². The van der Waals surface area contributed by atoms with Gasteiger partial charge in [0.15, 0.2) is 0 Å². The number of fused-ring (bicyclic) bond motifs is 1. The van der Waals surface area contributed by atoms with Crippen LogP contribution in [0, 0.1) is 0 Å². The Morgan fingerprint density at radius 2 is 2.22 bits per heavy atom. The van der Waals surface area contributed by atoms with Crippen molar-refractivity contribution in [3.8, 4) is 0 Å². The van der Waals surface area contributed by atoms with E-state index in [1.54, 1.807) is 11.8 Å². The highest BCUT2D eigenvalue weighted by molar-refractivity contribution is 7.99. The van der Waals surface area contributed by atoms with E-state index in [1.807, 2.05) is 39.9 Å². The molecule has 2 aromatic rings. The molecule has 0 aliphatic carbocycles. The largest absolute Gasteiger partial charge is 0.399 e. The molecule has 1 aliphatic rings. The predicted molar refractivity (Wildman–Crippen MR) is 77.6 cm³/mol. The number of thioether (sulfide) groups is 1. The second-order valence-corrected chi connectivity index (χ2v) is 5.96. The average molecular weight is 276 g/mol. The van der Waals surface area contributed by atoms with Gasteiger partial charge in [0.1, 0.15) is 0 Å². The summed E-state index contributed by atoms with van der Waals surface area (Å²) >= 11 is 3.31. The fourth-order valence-corrected chi connectivity index (χ4v) is 3.59. The number of anilines is 2. The van der Waals surface area contributed by atoms with Crippen molar-refractivity contribution in [3.05, 3.63) is 40.6 Å². The second-order valence-electron chi connectivity index (χ2n) is 4.04. The van der Waals surface area contributed by atoms with E-state index in [0.29, 0.717) is 5.69 Å². The number of nitrogens with zero attached hydrogens (tertiary/aromatic N) is 1. The van der Waals surface area contributed by atoms with Crippen molar-refractivity contribution in [1.82, 2.24) is 0 Å². The molecule has 92 valence electrons. The summed E-state index contributed by atoms with van der Waals surface area (Å²) < 4.78 is 0. The van der Waals surface area contributed by atoms with E-state index in [-0.39, 0.29) is 5.91 Å². The molecule has 3 nitrogen and oxygen atoms in total. The molecule has 18 heavy (non-hydrogen) atoms. The van der Waals surface area contributed by atoms with Crippen LogP contribution in [0.15, 0.2) is 39.9 Å². The quantitative estimate of drug-likeness (QED) is 0.814. The highest BCUT2D eigenvalue weighted by Gasteiger charge is 2.24. The molecule has 0 bridgehead atoms. The number of benzene rings is 1. The van der Waals surface area contributed by atoms with E-state index >= 15 is 0 Å². The zero-order chi connectivity index (χ0) is 12.5. The van der Waals surface area contributed by atoms with Gasteiger partial charge in [-0.15, -0.1) is 11.8 Å². The molecule has 0 saturated carbocycles. The number of hydrogen-bond donors (Lipinski definition) is 1. The third-order valence-electron chi connectivity index (χ3n) is 2.86. The molecule has 2 heterocycles. The van der Waals surface area contributed by atoms with Crippen molar-refractivity contribution in [2.75, 3.05) is 22.9 Å². The lowest BCUT2D eigenvalue weighted by Gasteiger charge is -2.29. The summed E-state index contributed by atoms with van der Waals surface area (Å²) in [6, 6.07) is 7.61. The minimum atomic E-state index is 0.0587. The Morgan fingerprint density at radius 3 is 3.00 bits per heavy atom. The van der Waals surface area contributed by atoms with Crippen LogP contribution in [-0.2, 0) is 0 Å². The van der Waals surface area contributed by atoms with Gasteiger partial charge >= 0.3 is 0 Å². The first-order valence-corrected chi connectivity index (χ1v) is 7.55. The molecule has 0 spiro atoms. The lowest BCUT2D eigenvalue weighted by Crippen LogP contribution is -2.35. The first-order chi connectivity index (χ1) is 8.75. The van der Waals surface area contributed by atoms with E-state index in [1.165, 1.54) is 11.3 Å². The number of nitrogens with two attached hydrogens (primary N) is 1. The van der Waals surface area contributed by atoms with Gasteiger partial charge in [-0.2, -0.15) is 11.3 Å². The monoisotopic (exact) mass is 276 g/mol. The van der Waals surface area contributed by atoms with Gasteiger partial charge in [0.2, 0.25) is 0 Å². The van der Waals surface area contributed by atoms with Crippen molar-refractivity contribution in [2.24, 2.45) is 0 Å². The van der Waals surface area contributed by atoms with E-state index < -0.39 is 0 Å². The number of thiophene rings is 1. The average Bonchev–Trinajstić information content (AvgIpc) is 2.91. The Kier molecular flexibility index (Phi) is 3.01. The van der Waals surface area contributed by atoms with Gasteiger partial charge in [-0.3, -0.25) is 4.79 Å². The number of amides is 1. The summed E-state index contributed by atoms with van der Waals surface area (Å²) in [6.07, 6.45) is 0. The van der Waals surface area contributed by atoms with Crippen molar-refractivity contribution in [2.45, 2.75) is 4.90 Å². The molecule has 5 heteroatoms. The second kappa shape index (κ2) is 4.66. The topological polar surface area (TPSA) is 46.3 Å². The van der Waals surface area contributed by atoms with Crippen LogP contribution in [0.5, 0.6) is 0 Å². The maximum atomic E-state index is 12.4. The molecular weight excluding hydrogens is 264 g/mol.